The van der Waals surface area contributed by atoms with E-state index in [0.717, 1.165) is 60.9 Å². The third kappa shape index (κ3) is 4.92. The first-order chi connectivity index (χ1) is 30.8. The van der Waals surface area contributed by atoms with Gasteiger partial charge in [-0.1, -0.05) is 194 Å². The van der Waals surface area contributed by atoms with Crippen LogP contribution in [0.4, 0.5) is 0 Å². The summed E-state index contributed by atoms with van der Waals surface area (Å²) in [6, 6.07) is 75.5. The topological polar surface area (TPSA) is 51.8 Å². The van der Waals surface area contributed by atoms with Gasteiger partial charge in [-0.25, -0.2) is 15.0 Å². The Bertz CT molecular complexity index is 3560. The maximum atomic E-state index is 6.33. The quantitative estimate of drug-likeness (QED) is 0.174. The molecular weight excluding hydrogens is 755 g/mol. The van der Waals surface area contributed by atoms with Crippen LogP contribution in [0.2, 0.25) is 0 Å². The van der Waals surface area contributed by atoms with Crippen molar-refractivity contribution in [1.29, 1.82) is 0 Å². The molecule has 2 aliphatic rings. The molecule has 0 radical (unpaired) electrons. The average molecular weight is 790 g/mol. The Morgan fingerprint density at radius 3 is 1.44 bits per heavy atom. The second-order valence-corrected chi connectivity index (χ2v) is 16.2. The Hall–Kier alpha value is -8.21. The summed E-state index contributed by atoms with van der Waals surface area (Å²) in [7, 11) is 0. The van der Waals surface area contributed by atoms with Crippen LogP contribution in [-0.2, 0) is 5.41 Å². The van der Waals surface area contributed by atoms with Crippen molar-refractivity contribution in [2.45, 2.75) is 5.41 Å². The van der Waals surface area contributed by atoms with Crippen molar-refractivity contribution in [2.75, 3.05) is 0 Å². The zero-order chi connectivity index (χ0) is 40.8. The molecule has 288 valence electrons. The molecule has 2 heterocycles. The lowest BCUT2D eigenvalue weighted by Gasteiger charge is -2.30. The number of fused-ring (bicyclic) bond motifs is 13. The van der Waals surface area contributed by atoms with Crippen LogP contribution in [0.15, 0.2) is 217 Å². The molecule has 1 spiro atoms. The van der Waals surface area contributed by atoms with E-state index in [2.05, 4.69) is 176 Å². The van der Waals surface area contributed by atoms with Gasteiger partial charge in [-0.05, 0) is 85.0 Å². The lowest BCUT2D eigenvalue weighted by molar-refractivity contribution is 0.669. The highest BCUT2D eigenvalue weighted by Crippen LogP contribution is 2.63. The molecule has 0 fully saturated rings. The Labute approximate surface area is 358 Å². The van der Waals surface area contributed by atoms with E-state index in [0.29, 0.717) is 17.5 Å². The van der Waals surface area contributed by atoms with Gasteiger partial charge in [0.25, 0.3) is 0 Å². The highest BCUT2D eigenvalue weighted by atomic mass is 16.3. The van der Waals surface area contributed by atoms with Gasteiger partial charge >= 0.3 is 0 Å². The van der Waals surface area contributed by atoms with Crippen LogP contribution in [0.3, 0.4) is 0 Å². The van der Waals surface area contributed by atoms with Crippen LogP contribution >= 0.6 is 0 Å². The minimum absolute atomic E-state index is 0.397. The summed E-state index contributed by atoms with van der Waals surface area (Å²) in [5.41, 5.74) is 18.8. The maximum Gasteiger partial charge on any atom is 0.164 e. The molecule has 2 aliphatic carbocycles. The third-order valence-electron chi connectivity index (χ3n) is 13.0. The van der Waals surface area contributed by atoms with Gasteiger partial charge in [-0.15, -0.1) is 0 Å². The predicted octanol–water partition coefficient (Wildman–Crippen LogP) is 14.4. The first-order valence-corrected chi connectivity index (χ1v) is 21.1. The van der Waals surface area contributed by atoms with Crippen LogP contribution in [0.25, 0.3) is 101 Å². The van der Waals surface area contributed by atoms with Crippen LogP contribution in [0, 0.1) is 0 Å². The fraction of sp³-hybridized carbons (Fsp3) is 0.0172. The fourth-order valence-corrected chi connectivity index (χ4v) is 10.4. The van der Waals surface area contributed by atoms with Gasteiger partial charge in [0.2, 0.25) is 0 Å². The number of nitrogens with zero attached hydrogens (tertiary/aromatic N) is 3. The third-order valence-corrected chi connectivity index (χ3v) is 13.0. The smallest absolute Gasteiger partial charge is 0.164 e. The summed E-state index contributed by atoms with van der Waals surface area (Å²) in [5, 5.41) is 2.15. The van der Waals surface area contributed by atoms with Gasteiger partial charge in [-0.2, -0.15) is 0 Å². The van der Waals surface area contributed by atoms with Gasteiger partial charge < -0.3 is 4.42 Å². The van der Waals surface area contributed by atoms with E-state index < -0.39 is 5.41 Å². The monoisotopic (exact) mass is 789 g/mol. The van der Waals surface area contributed by atoms with Crippen molar-refractivity contribution in [2.24, 2.45) is 0 Å². The van der Waals surface area contributed by atoms with E-state index in [1.807, 2.05) is 36.4 Å². The van der Waals surface area contributed by atoms with Crippen LogP contribution in [0.5, 0.6) is 0 Å². The first kappa shape index (κ1) is 34.6. The largest absolute Gasteiger partial charge is 0.456 e. The zero-order valence-corrected chi connectivity index (χ0v) is 33.5. The molecule has 4 heteroatoms. The SMILES string of the molecule is c1ccc(-c2nc(-c3ccccc3-c3ccc4c(c3)-c3ccccc3C43c4ccccc4-c4ccccc43)nc(-c3ccccc3-c3cccc4oc5ccccc5c34)n2)cc1. The minimum Gasteiger partial charge on any atom is -0.456 e. The van der Waals surface area contributed by atoms with E-state index in [1.54, 1.807) is 0 Å². The standard InChI is InChI=1S/C58H35N3O/c1-2-17-36(18-3-1)55-59-56(61-57(60-55)45-25-7-5-20-39(45)43-27-16-32-53-54(43)46-26-11-15-31-52(46)62-53)44-24-6-4-19-38(44)37-33-34-51-47(35-37)42-23-10-14-30-50(42)58(51)48-28-12-8-21-40(48)41-22-9-13-29-49(41)58/h1-35H. The van der Waals surface area contributed by atoms with Crippen LogP contribution in [0.1, 0.15) is 22.3 Å². The number of benzene rings is 9. The molecule has 62 heavy (non-hydrogen) atoms. The number of para-hydroxylation sites is 1. The Kier molecular flexibility index (Phi) is 7.49. The van der Waals surface area contributed by atoms with E-state index in [4.69, 9.17) is 19.4 Å². The molecule has 0 amide bonds. The highest BCUT2D eigenvalue weighted by molar-refractivity contribution is 6.13. The van der Waals surface area contributed by atoms with Gasteiger partial charge in [0.1, 0.15) is 11.2 Å². The molecule has 0 atom stereocenters. The number of furan rings is 1. The van der Waals surface area contributed by atoms with Crippen molar-refractivity contribution in [1.82, 2.24) is 15.0 Å². The Balaban J connectivity index is 1.01. The van der Waals surface area contributed by atoms with E-state index in [1.165, 1.54) is 44.5 Å². The summed E-state index contributed by atoms with van der Waals surface area (Å²) >= 11 is 0. The molecule has 0 bridgehead atoms. The minimum atomic E-state index is -0.397. The molecule has 2 aromatic heterocycles. The molecule has 0 aliphatic heterocycles. The number of rotatable bonds is 5. The van der Waals surface area contributed by atoms with Crippen molar-refractivity contribution in [3.63, 3.8) is 0 Å². The summed E-state index contributed by atoms with van der Waals surface area (Å²) in [6.45, 7) is 0. The summed E-state index contributed by atoms with van der Waals surface area (Å²) in [5.74, 6) is 1.83. The maximum absolute atomic E-state index is 6.33. The second kappa shape index (κ2) is 13.4. The van der Waals surface area contributed by atoms with Crippen molar-refractivity contribution in [3.05, 3.63) is 235 Å². The molecular formula is C58H35N3O. The molecule has 0 saturated carbocycles. The van der Waals surface area contributed by atoms with E-state index in [-0.39, 0.29) is 0 Å². The Morgan fingerprint density at radius 2 is 0.758 bits per heavy atom. The zero-order valence-electron chi connectivity index (χ0n) is 33.5. The van der Waals surface area contributed by atoms with Crippen molar-refractivity contribution < 1.29 is 4.42 Å². The molecule has 0 saturated heterocycles. The van der Waals surface area contributed by atoms with Gasteiger partial charge in [0, 0.05) is 27.5 Å². The second-order valence-electron chi connectivity index (χ2n) is 16.2. The fourth-order valence-electron chi connectivity index (χ4n) is 10.4. The number of hydrogen-bond acceptors (Lipinski definition) is 4. The lowest BCUT2D eigenvalue weighted by atomic mass is 9.70. The van der Waals surface area contributed by atoms with Crippen molar-refractivity contribution >= 4 is 21.9 Å². The lowest BCUT2D eigenvalue weighted by Crippen LogP contribution is -2.25. The van der Waals surface area contributed by atoms with E-state index in [9.17, 15) is 0 Å². The van der Waals surface area contributed by atoms with Crippen LogP contribution < -0.4 is 0 Å². The van der Waals surface area contributed by atoms with Crippen molar-refractivity contribution in [3.8, 4) is 78.7 Å². The van der Waals surface area contributed by atoms with Gasteiger partial charge in [-0.3, -0.25) is 0 Å². The highest BCUT2D eigenvalue weighted by Gasteiger charge is 2.51. The molecule has 4 nitrogen and oxygen atoms in total. The molecule has 13 rings (SSSR count). The Morgan fingerprint density at radius 1 is 0.290 bits per heavy atom. The number of aromatic nitrogens is 3. The molecule has 11 aromatic rings. The first-order valence-electron chi connectivity index (χ1n) is 21.1. The average Bonchev–Trinajstić information content (AvgIpc) is 3.98. The van der Waals surface area contributed by atoms with Gasteiger partial charge in [0.15, 0.2) is 17.5 Å². The molecule has 0 unspecified atom stereocenters. The summed E-state index contributed by atoms with van der Waals surface area (Å²) in [6.07, 6.45) is 0. The van der Waals surface area contributed by atoms with E-state index >= 15 is 0 Å². The number of hydrogen-bond donors (Lipinski definition) is 0. The van der Waals surface area contributed by atoms with Gasteiger partial charge in [0.05, 0.1) is 5.41 Å². The summed E-state index contributed by atoms with van der Waals surface area (Å²) in [4.78, 5) is 15.8. The molecule has 0 N–H and O–H groups in total. The normalized spacial score (nSPS) is 13.0. The predicted molar refractivity (Wildman–Crippen MR) is 251 cm³/mol. The summed E-state index contributed by atoms with van der Waals surface area (Å²) < 4.78 is 6.33. The van der Waals surface area contributed by atoms with Crippen LogP contribution in [-0.4, -0.2) is 15.0 Å². The molecule has 9 aromatic carbocycles.